The Bertz CT molecular complexity index is 1160. The van der Waals surface area contributed by atoms with Gasteiger partial charge in [-0.05, 0) is 55.5 Å². The Balaban J connectivity index is 1.62. The van der Waals surface area contributed by atoms with Crippen LogP contribution in [0, 0.1) is 5.41 Å². The molecule has 0 saturated heterocycles. The minimum atomic E-state index is -0.516. The standard InChI is InChI=1S/C29H33NO5/c1-5-33-22-13-9-10-20(16-22)26-25(28(32)35-15-14-34-21-11-7-6-8-12-21)19(2)30-23-17-29(3,4)18-24(31)27(23)26/h6-13,16,26,30H,5,14-15,17-18H2,1-4H3/t26-/m1/s1. The zero-order valence-corrected chi connectivity index (χ0v) is 20.9. The van der Waals surface area contributed by atoms with E-state index in [0.29, 0.717) is 41.4 Å². The average molecular weight is 476 g/mol. The first-order valence-corrected chi connectivity index (χ1v) is 12.1. The second-order valence-electron chi connectivity index (χ2n) is 9.73. The van der Waals surface area contributed by atoms with Gasteiger partial charge in [-0.1, -0.05) is 44.2 Å². The number of hydrogen-bond acceptors (Lipinski definition) is 6. The van der Waals surface area contributed by atoms with Crippen LogP contribution in [0.15, 0.2) is 77.1 Å². The van der Waals surface area contributed by atoms with Crippen molar-refractivity contribution in [1.29, 1.82) is 0 Å². The second kappa shape index (κ2) is 10.4. The van der Waals surface area contributed by atoms with Gasteiger partial charge in [0.2, 0.25) is 0 Å². The summed E-state index contributed by atoms with van der Waals surface area (Å²) < 4.78 is 17.0. The summed E-state index contributed by atoms with van der Waals surface area (Å²) in [5.74, 6) is 0.506. The lowest BCUT2D eigenvalue weighted by Crippen LogP contribution is -2.38. The van der Waals surface area contributed by atoms with Crippen LogP contribution < -0.4 is 14.8 Å². The van der Waals surface area contributed by atoms with E-state index in [4.69, 9.17) is 14.2 Å². The van der Waals surface area contributed by atoms with Gasteiger partial charge in [0.15, 0.2) is 5.78 Å². The maximum absolute atomic E-state index is 13.4. The number of rotatable bonds is 8. The fourth-order valence-electron chi connectivity index (χ4n) is 4.88. The van der Waals surface area contributed by atoms with Crippen molar-refractivity contribution in [3.8, 4) is 11.5 Å². The maximum Gasteiger partial charge on any atom is 0.336 e. The Labute approximate surface area is 207 Å². The molecule has 0 bridgehead atoms. The van der Waals surface area contributed by atoms with E-state index in [0.717, 1.165) is 17.7 Å². The lowest BCUT2D eigenvalue weighted by molar-refractivity contribution is -0.140. The molecule has 1 aliphatic heterocycles. The Morgan fingerprint density at radius 3 is 2.49 bits per heavy atom. The van der Waals surface area contributed by atoms with Crippen LogP contribution in [0.5, 0.6) is 11.5 Å². The molecule has 6 nitrogen and oxygen atoms in total. The number of carbonyl (C=O) groups is 2. The molecule has 4 rings (SSSR count). The number of esters is 1. The van der Waals surface area contributed by atoms with Gasteiger partial charge in [0.1, 0.15) is 24.7 Å². The van der Waals surface area contributed by atoms with Gasteiger partial charge in [-0.3, -0.25) is 4.79 Å². The fraction of sp³-hybridized carbons (Fsp3) is 0.379. The van der Waals surface area contributed by atoms with Crippen LogP contribution in [0.4, 0.5) is 0 Å². The SMILES string of the molecule is CCOc1cccc([C@@H]2C(C(=O)OCCOc3ccccc3)=C(C)NC3=C2C(=O)CC(C)(C)C3)c1. The number of benzene rings is 2. The van der Waals surface area contributed by atoms with Gasteiger partial charge in [-0.15, -0.1) is 0 Å². The summed E-state index contributed by atoms with van der Waals surface area (Å²) >= 11 is 0. The maximum atomic E-state index is 13.4. The number of carbonyl (C=O) groups excluding carboxylic acids is 2. The smallest absolute Gasteiger partial charge is 0.336 e. The van der Waals surface area contributed by atoms with Gasteiger partial charge < -0.3 is 19.5 Å². The van der Waals surface area contributed by atoms with E-state index in [-0.39, 0.29) is 24.4 Å². The molecule has 0 amide bonds. The molecule has 1 heterocycles. The normalized spacial score (nSPS) is 19.1. The molecule has 1 N–H and O–H groups in total. The highest BCUT2D eigenvalue weighted by atomic mass is 16.6. The molecule has 184 valence electrons. The Hall–Kier alpha value is -3.54. The van der Waals surface area contributed by atoms with E-state index in [9.17, 15) is 9.59 Å². The summed E-state index contributed by atoms with van der Waals surface area (Å²) in [5, 5.41) is 3.37. The summed E-state index contributed by atoms with van der Waals surface area (Å²) in [6.45, 7) is 8.85. The zero-order chi connectivity index (χ0) is 25.0. The van der Waals surface area contributed by atoms with Crippen LogP contribution in [0.3, 0.4) is 0 Å². The van der Waals surface area contributed by atoms with Gasteiger partial charge >= 0.3 is 5.97 Å². The minimum absolute atomic E-state index is 0.0563. The number of para-hydroxylation sites is 1. The number of nitrogens with one attached hydrogen (secondary N) is 1. The zero-order valence-electron chi connectivity index (χ0n) is 20.9. The third kappa shape index (κ3) is 5.59. The second-order valence-corrected chi connectivity index (χ2v) is 9.73. The van der Waals surface area contributed by atoms with Crippen LogP contribution in [-0.4, -0.2) is 31.6 Å². The third-order valence-corrected chi connectivity index (χ3v) is 6.29. The summed E-state index contributed by atoms with van der Waals surface area (Å²) in [6, 6.07) is 17.0. The molecular weight excluding hydrogens is 442 g/mol. The van der Waals surface area contributed by atoms with Crippen LogP contribution >= 0.6 is 0 Å². The van der Waals surface area contributed by atoms with Crippen molar-refractivity contribution in [2.45, 2.75) is 46.5 Å². The highest BCUT2D eigenvalue weighted by Crippen LogP contribution is 2.47. The predicted octanol–water partition coefficient (Wildman–Crippen LogP) is 5.31. The van der Waals surface area contributed by atoms with Crippen LogP contribution in [0.1, 0.15) is 52.0 Å². The lowest BCUT2D eigenvalue weighted by atomic mass is 9.68. The first-order valence-electron chi connectivity index (χ1n) is 12.1. The van der Waals surface area contributed by atoms with Gasteiger partial charge in [0.25, 0.3) is 0 Å². The molecule has 35 heavy (non-hydrogen) atoms. The number of hydrogen-bond donors (Lipinski definition) is 1. The predicted molar refractivity (Wildman–Crippen MR) is 134 cm³/mol. The van der Waals surface area contributed by atoms with E-state index in [1.807, 2.05) is 68.4 Å². The van der Waals surface area contributed by atoms with Crippen molar-refractivity contribution < 1.29 is 23.8 Å². The van der Waals surface area contributed by atoms with Gasteiger partial charge in [-0.2, -0.15) is 0 Å². The number of dihydropyridines is 1. The van der Waals surface area contributed by atoms with E-state index in [1.165, 1.54) is 0 Å². The first kappa shape index (κ1) is 24.6. The molecule has 0 unspecified atom stereocenters. The van der Waals surface area contributed by atoms with E-state index >= 15 is 0 Å². The molecule has 0 saturated carbocycles. The van der Waals surface area contributed by atoms with Gasteiger partial charge in [-0.25, -0.2) is 4.79 Å². The molecule has 0 fully saturated rings. The molecular formula is C29H33NO5. The highest BCUT2D eigenvalue weighted by Gasteiger charge is 2.43. The van der Waals surface area contributed by atoms with Crippen molar-refractivity contribution >= 4 is 11.8 Å². The molecule has 0 radical (unpaired) electrons. The number of allylic oxidation sites excluding steroid dienone is 3. The Kier molecular flexibility index (Phi) is 7.29. The highest BCUT2D eigenvalue weighted by molar-refractivity contribution is 6.04. The summed E-state index contributed by atoms with van der Waals surface area (Å²) in [4.78, 5) is 26.8. The van der Waals surface area contributed by atoms with E-state index in [1.54, 1.807) is 0 Å². The number of Topliss-reactive ketones (excluding diaryl/α,β-unsaturated/α-hetero) is 1. The summed E-state index contributed by atoms with van der Waals surface area (Å²) in [6.07, 6.45) is 1.17. The van der Waals surface area contributed by atoms with Crippen LogP contribution in [-0.2, 0) is 14.3 Å². The molecule has 2 aliphatic rings. The van der Waals surface area contributed by atoms with Gasteiger partial charge in [0, 0.05) is 29.3 Å². The van der Waals surface area contributed by atoms with Crippen molar-refractivity contribution in [3.05, 3.63) is 82.7 Å². The fourth-order valence-corrected chi connectivity index (χ4v) is 4.88. The van der Waals surface area contributed by atoms with Crippen molar-refractivity contribution in [3.63, 3.8) is 0 Å². The van der Waals surface area contributed by atoms with Crippen molar-refractivity contribution in [2.75, 3.05) is 19.8 Å². The first-order chi connectivity index (χ1) is 16.8. The van der Waals surface area contributed by atoms with Crippen LogP contribution in [0.2, 0.25) is 0 Å². The summed E-state index contributed by atoms with van der Waals surface area (Å²) in [7, 11) is 0. The Morgan fingerprint density at radius 1 is 1.00 bits per heavy atom. The van der Waals surface area contributed by atoms with E-state index < -0.39 is 11.9 Å². The minimum Gasteiger partial charge on any atom is -0.494 e. The number of ketones is 1. The van der Waals surface area contributed by atoms with Crippen molar-refractivity contribution in [2.24, 2.45) is 5.41 Å². The van der Waals surface area contributed by atoms with Crippen molar-refractivity contribution in [1.82, 2.24) is 5.32 Å². The quantitative estimate of drug-likeness (QED) is 0.412. The number of ether oxygens (including phenoxy) is 3. The van der Waals surface area contributed by atoms with Crippen LogP contribution in [0.25, 0.3) is 0 Å². The van der Waals surface area contributed by atoms with Gasteiger partial charge in [0.05, 0.1) is 12.2 Å². The average Bonchev–Trinajstić information content (AvgIpc) is 2.81. The third-order valence-electron chi connectivity index (χ3n) is 6.29. The summed E-state index contributed by atoms with van der Waals surface area (Å²) in [5.41, 5.74) is 3.38. The topological polar surface area (TPSA) is 73.9 Å². The molecule has 1 aliphatic carbocycles. The monoisotopic (exact) mass is 475 g/mol. The molecule has 1 atom stereocenters. The molecule has 6 heteroatoms. The Morgan fingerprint density at radius 2 is 1.74 bits per heavy atom. The molecule has 2 aromatic carbocycles. The lowest BCUT2D eigenvalue weighted by Gasteiger charge is -2.39. The molecule has 2 aromatic rings. The largest absolute Gasteiger partial charge is 0.494 e. The molecule has 0 aromatic heterocycles. The molecule has 0 spiro atoms. The van der Waals surface area contributed by atoms with E-state index in [2.05, 4.69) is 19.2 Å².